The first kappa shape index (κ1) is 13.7. The molecule has 0 saturated heterocycles. The summed E-state index contributed by atoms with van der Waals surface area (Å²) in [6.45, 7) is 0. The van der Waals surface area contributed by atoms with E-state index in [-0.39, 0.29) is 11.7 Å². The molecule has 1 atom stereocenters. The molecule has 1 aliphatic rings. The van der Waals surface area contributed by atoms with Crippen molar-refractivity contribution in [3.8, 4) is 0 Å². The number of carbonyl (C=O) groups excluding carboxylic acids is 1. The van der Waals surface area contributed by atoms with Gasteiger partial charge in [0.05, 0.1) is 0 Å². The molecule has 0 heterocycles. The minimum atomic E-state index is 0.112. The predicted octanol–water partition coefficient (Wildman–Crippen LogP) is 3.65. The topological polar surface area (TPSA) is 29.1 Å². The standard InChI is InChI=1S/C14H14INOS/c15-14(18)16-9-3-5-11-8-7-10-4-1-2-6-12(10)13(11)17/h1-4,6,9,11H,5,7-8H2,(H,16,18)/b9-3+/t11-/m0/s1. The van der Waals surface area contributed by atoms with Gasteiger partial charge in [-0.15, -0.1) is 0 Å². The summed E-state index contributed by atoms with van der Waals surface area (Å²) < 4.78 is 0.712. The van der Waals surface area contributed by atoms with Crippen LogP contribution in [0.1, 0.15) is 28.8 Å². The number of thiocarbonyl (C=S) groups is 1. The van der Waals surface area contributed by atoms with Gasteiger partial charge < -0.3 is 5.32 Å². The van der Waals surface area contributed by atoms with Crippen LogP contribution in [-0.4, -0.2) is 8.78 Å². The number of benzene rings is 1. The van der Waals surface area contributed by atoms with Gasteiger partial charge in [-0.05, 0) is 53.6 Å². The summed E-state index contributed by atoms with van der Waals surface area (Å²) in [5.41, 5.74) is 2.09. The van der Waals surface area contributed by atoms with Crippen LogP contribution in [0.2, 0.25) is 0 Å². The van der Waals surface area contributed by atoms with Crippen molar-refractivity contribution in [3.05, 3.63) is 47.7 Å². The third kappa shape index (κ3) is 3.38. The second-order valence-electron chi connectivity index (χ2n) is 4.31. The fraction of sp³-hybridized carbons (Fsp3) is 0.286. The maximum atomic E-state index is 12.3. The van der Waals surface area contributed by atoms with E-state index in [1.807, 2.05) is 53.1 Å². The summed E-state index contributed by atoms with van der Waals surface area (Å²) in [5.74, 6) is 0.388. The molecule has 0 aromatic heterocycles. The van der Waals surface area contributed by atoms with E-state index in [1.54, 1.807) is 0 Å². The Bertz CT molecular complexity index is 498. The highest BCUT2D eigenvalue weighted by atomic mass is 127. The third-order valence-corrected chi connectivity index (χ3v) is 3.58. The van der Waals surface area contributed by atoms with Crippen molar-refractivity contribution in [2.24, 2.45) is 5.92 Å². The first-order valence-corrected chi connectivity index (χ1v) is 7.40. The fourth-order valence-electron chi connectivity index (χ4n) is 2.24. The number of aryl methyl sites for hydroxylation is 1. The summed E-state index contributed by atoms with van der Waals surface area (Å²) in [6.07, 6.45) is 6.52. The molecule has 18 heavy (non-hydrogen) atoms. The molecule has 0 bridgehead atoms. The molecule has 1 N–H and O–H groups in total. The third-order valence-electron chi connectivity index (χ3n) is 3.15. The number of fused-ring (bicyclic) bond motifs is 1. The van der Waals surface area contributed by atoms with Crippen molar-refractivity contribution < 1.29 is 4.79 Å². The largest absolute Gasteiger partial charge is 0.348 e. The summed E-state index contributed by atoms with van der Waals surface area (Å²) in [5, 5.41) is 2.95. The van der Waals surface area contributed by atoms with Crippen molar-refractivity contribution >= 4 is 43.6 Å². The van der Waals surface area contributed by atoms with Crippen LogP contribution in [0.5, 0.6) is 0 Å². The Hall–Kier alpha value is -0.750. The molecule has 0 spiro atoms. The highest BCUT2D eigenvalue weighted by molar-refractivity contribution is 14.1. The lowest BCUT2D eigenvalue weighted by molar-refractivity contribution is 0.0903. The molecule has 0 aliphatic heterocycles. The quantitative estimate of drug-likeness (QED) is 0.381. The van der Waals surface area contributed by atoms with Crippen LogP contribution in [0.4, 0.5) is 0 Å². The van der Waals surface area contributed by atoms with Gasteiger partial charge >= 0.3 is 0 Å². The zero-order valence-corrected chi connectivity index (χ0v) is 12.8. The van der Waals surface area contributed by atoms with Gasteiger partial charge in [-0.3, -0.25) is 4.79 Å². The molecule has 0 unspecified atom stereocenters. The van der Waals surface area contributed by atoms with Gasteiger partial charge in [-0.2, -0.15) is 0 Å². The van der Waals surface area contributed by atoms with Crippen molar-refractivity contribution in [1.29, 1.82) is 0 Å². The van der Waals surface area contributed by atoms with Crippen LogP contribution in [0.3, 0.4) is 0 Å². The van der Waals surface area contributed by atoms with Crippen LogP contribution >= 0.6 is 34.8 Å². The lowest BCUT2D eigenvalue weighted by Gasteiger charge is -2.22. The number of hydrogen-bond donors (Lipinski definition) is 1. The van der Waals surface area contributed by atoms with E-state index in [0.717, 1.165) is 24.8 Å². The van der Waals surface area contributed by atoms with Crippen LogP contribution in [0, 0.1) is 5.92 Å². The van der Waals surface area contributed by atoms with E-state index in [4.69, 9.17) is 12.2 Å². The Kier molecular flexibility index (Phi) is 4.88. The normalized spacial score (nSPS) is 18.7. The van der Waals surface area contributed by atoms with Crippen LogP contribution < -0.4 is 5.32 Å². The Morgan fingerprint density at radius 2 is 2.28 bits per heavy atom. The van der Waals surface area contributed by atoms with Crippen LogP contribution in [0.25, 0.3) is 0 Å². The van der Waals surface area contributed by atoms with Crippen LogP contribution in [0.15, 0.2) is 36.5 Å². The number of Topliss-reactive ketones (excluding diaryl/α,β-unsaturated/α-hetero) is 1. The monoisotopic (exact) mass is 371 g/mol. The maximum absolute atomic E-state index is 12.3. The van der Waals surface area contributed by atoms with Gasteiger partial charge in [0.25, 0.3) is 0 Å². The molecule has 0 fully saturated rings. The summed E-state index contributed by atoms with van der Waals surface area (Å²) in [7, 11) is 0. The van der Waals surface area contributed by atoms with Crippen molar-refractivity contribution in [1.82, 2.24) is 5.32 Å². The Morgan fingerprint density at radius 3 is 3.06 bits per heavy atom. The smallest absolute Gasteiger partial charge is 0.166 e. The number of hydrogen-bond acceptors (Lipinski definition) is 2. The van der Waals surface area contributed by atoms with E-state index in [1.165, 1.54) is 5.56 Å². The summed E-state index contributed by atoms with van der Waals surface area (Å²) in [4.78, 5) is 12.3. The molecular weight excluding hydrogens is 357 g/mol. The molecule has 1 aromatic carbocycles. The molecule has 1 aliphatic carbocycles. The SMILES string of the molecule is O=C1c2ccccc2CC[C@@H]1C/C=C/NC(=S)I. The first-order valence-electron chi connectivity index (χ1n) is 5.91. The molecule has 4 heteroatoms. The van der Waals surface area contributed by atoms with Crippen LogP contribution in [-0.2, 0) is 6.42 Å². The molecular formula is C14H14INOS. The molecule has 0 amide bonds. The van der Waals surface area contributed by atoms with Crippen molar-refractivity contribution in [2.75, 3.05) is 0 Å². The van der Waals surface area contributed by atoms with E-state index in [0.29, 0.717) is 3.00 Å². The average molecular weight is 371 g/mol. The van der Waals surface area contributed by atoms with Gasteiger partial charge in [0.1, 0.15) is 3.00 Å². The number of ketones is 1. The Balaban J connectivity index is 1.99. The zero-order chi connectivity index (χ0) is 13.0. The highest BCUT2D eigenvalue weighted by Crippen LogP contribution is 2.27. The molecule has 1 aromatic rings. The summed E-state index contributed by atoms with van der Waals surface area (Å²) >= 11 is 6.94. The van der Waals surface area contributed by atoms with Gasteiger partial charge in [-0.1, -0.05) is 42.6 Å². The minimum absolute atomic E-state index is 0.112. The van der Waals surface area contributed by atoms with Gasteiger partial charge in [0, 0.05) is 11.5 Å². The second-order valence-corrected chi connectivity index (χ2v) is 6.53. The van der Waals surface area contributed by atoms with Gasteiger partial charge in [-0.25, -0.2) is 0 Å². The maximum Gasteiger partial charge on any atom is 0.166 e. The molecule has 0 radical (unpaired) electrons. The molecule has 94 valence electrons. The highest BCUT2D eigenvalue weighted by Gasteiger charge is 2.25. The molecule has 0 saturated carbocycles. The average Bonchev–Trinajstić information content (AvgIpc) is 2.37. The predicted molar refractivity (Wildman–Crippen MR) is 86.1 cm³/mol. The lowest BCUT2D eigenvalue weighted by atomic mass is 9.81. The van der Waals surface area contributed by atoms with Crippen molar-refractivity contribution in [3.63, 3.8) is 0 Å². The number of rotatable bonds is 3. The summed E-state index contributed by atoms with van der Waals surface area (Å²) in [6, 6.07) is 7.92. The minimum Gasteiger partial charge on any atom is -0.348 e. The van der Waals surface area contributed by atoms with E-state index in [9.17, 15) is 4.79 Å². The number of carbonyl (C=O) groups is 1. The van der Waals surface area contributed by atoms with E-state index in [2.05, 4.69) is 11.4 Å². The van der Waals surface area contributed by atoms with Gasteiger partial charge in [0.15, 0.2) is 5.78 Å². The van der Waals surface area contributed by atoms with E-state index < -0.39 is 0 Å². The number of allylic oxidation sites excluding steroid dienone is 1. The second kappa shape index (κ2) is 6.43. The zero-order valence-electron chi connectivity index (χ0n) is 9.86. The lowest BCUT2D eigenvalue weighted by Crippen LogP contribution is -2.22. The number of halogens is 1. The fourth-order valence-corrected chi connectivity index (χ4v) is 2.49. The van der Waals surface area contributed by atoms with Crippen molar-refractivity contribution in [2.45, 2.75) is 19.3 Å². The molecule has 2 rings (SSSR count). The number of nitrogens with one attached hydrogen (secondary N) is 1. The molecule has 2 nitrogen and oxygen atoms in total. The Labute approximate surface area is 126 Å². The van der Waals surface area contributed by atoms with E-state index >= 15 is 0 Å². The first-order chi connectivity index (χ1) is 8.68. The van der Waals surface area contributed by atoms with Gasteiger partial charge in [0.2, 0.25) is 0 Å². The Morgan fingerprint density at radius 1 is 1.50 bits per heavy atom.